The van der Waals surface area contributed by atoms with E-state index in [2.05, 4.69) is 60.6 Å². The molecule has 2 aliphatic rings. The largest absolute Gasteiger partial charge is 0.494 e. The average Bonchev–Trinajstić information content (AvgIpc) is 3.13. The zero-order valence-corrected chi connectivity index (χ0v) is 16.9. The van der Waals surface area contributed by atoms with E-state index in [1.807, 2.05) is 6.20 Å². The fraction of sp³-hybridized carbons (Fsp3) is 0.650. The molecule has 0 spiro atoms. The minimum absolute atomic E-state index is 0.323. The minimum atomic E-state index is -0.330. The van der Waals surface area contributed by atoms with Crippen molar-refractivity contribution in [2.24, 2.45) is 0 Å². The SMILES string of the molecule is CC1(C)OB(c2ccc3c(cnn3CCCN3CCOCC3)c2)OC1(C)C. The average molecular weight is 371 g/mol. The van der Waals surface area contributed by atoms with Gasteiger partial charge in [-0.2, -0.15) is 5.10 Å². The van der Waals surface area contributed by atoms with Gasteiger partial charge in [0.05, 0.1) is 36.1 Å². The molecule has 27 heavy (non-hydrogen) atoms. The van der Waals surface area contributed by atoms with Crippen LogP contribution in [0.2, 0.25) is 0 Å². The van der Waals surface area contributed by atoms with Crippen LogP contribution in [0.1, 0.15) is 34.1 Å². The molecule has 0 amide bonds. The predicted octanol–water partition coefficient (Wildman–Crippen LogP) is 2.06. The molecule has 6 nitrogen and oxygen atoms in total. The van der Waals surface area contributed by atoms with Gasteiger partial charge in [0, 0.05) is 31.6 Å². The third-order valence-corrected chi connectivity index (χ3v) is 6.14. The van der Waals surface area contributed by atoms with E-state index in [0.717, 1.165) is 62.2 Å². The van der Waals surface area contributed by atoms with Crippen molar-refractivity contribution < 1.29 is 14.0 Å². The van der Waals surface area contributed by atoms with Crippen LogP contribution in [0.5, 0.6) is 0 Å². The van der Waals surface area contributed by atoms with Crippen LogP contribution in [0.4, 0.5) is 0 Å². The first-order valence-corrected chi connectivity index (χ1v) is 9.97. The summed E-state index contributed by atoms with van der Waals surface area (Å²) in [4.78, 5) is 2.46. The summed E-state index contributed by atoms with van der Waals surface area (Å²) >= 11 is 0. The molecular formula is C20H30BN3O3. The normalized spacial score (nSPS) is 22.6. The van der Waals surface area contributed by atoms with Crippen molar-refractivity contribution >= 4 is 23.5 Å². The van der Waals surface area contributed by atoms with E-state index < -0.39 is 0 Å². The van der Waals surface area contributed by atoms with Crippen LogP contribution in [-0.2, 0) is 20.6 Å². The Morgan fingerprint density at radius 2 is 1.74 bits per heavy atom. The van der Waals surface area contributed by atoms with Crippen LogP contribution in [0.15, 0.2) is 24.4 Å². The fourth-order valence-electron chi connectivity index (χ4n) is 3.68. The molecule has 2 aromatic rings. The first-order valence-electron chi connectivity index (χ1n) is 9.97. The second-order valence-electron chi connectivity index (χ2n) is 8.58. The molecule has 0 atom stereocenters. The third kappa shape index (κ3) is 3.79. The van der Waals surface area contributed by atoms with Gasteiger partial charge in [-0.3, -0.25) is 9.58 Å². The maximum atomic E-state index is 6.17. The van der Waals surface area contributed by atoms with Crippen LogP contribution >= 0.6 is 0 Å². The van der Waals surface area contributed by atoms with Crippen molar-refractivity contribution in [3.05, 3.63) is 24.4 Å². The summed E-state index contributed by atoms with van der Waals surface area (Å²) in [5.41, 5.74) is 1.57. The zero-order chi connectivity index (χ0) is 19.1. The molecule has 0 aliphatic carbocycles. The number of nitrogens with zero attached hydrogens (tertiary/aromatic N) is 3. The summed E-state index contributed by atoms with van der Waals surface area (Å²) in [6.45, 7) is 14.1. The summed E-state index contributed by atoms with van der Waals surface area (Å²) in [6, 6.07) is 6.38. The van der Waals surface area contributed by atoms with Crippen molar-refractivity contribution in [1.29, 1.82) is 0 Å². The van der Waals surface area contributed by atoms with Crippen LogP contribution in [-0.4, -0.2) is 65.8 Å². The summed E-state index contributed by atoms with van der Waals surface area (Å²) in [7, 11) is -0.330. The summed E-state index contributed by atoms with van der Waals surface area (Å²) < 4.78 is 19.9. The van der Waals surface area contributed by atoms with E-state index in [1.54, 1.807) is 0 Å². The summed E-state index contributed by atoms with van der Waals surface area (Å²) in [6.07, 6.45) is 3.04. The van der Waals surface area contributed by atoms with Crippen molar-refractivity contribution in [3.63, 3.8) is 0 Å². The Balaban J connectivity index is 1.42. The quantitative estimate of drug-likeness (QED) is 0.753. The van der Waals surface area contributed by atoms with Gasteiger partial charge in [-0.15, -0.1) is 0 Å². The number of rotatable bonds is 5. The number of morpholine rings is 1. The molecule has 0 saturated carbocycles. The van der Waals surface area contributed by atoms with Crippen molar-refractivity contribution in [1.82, 2.24) is 14.7 Å². The topological polar surface area (TPSA) is 48.8 Å². The Morgan fingerprint density at radius 3 is 2.44 bits per heavy atom. The molecule has 4 rings (SSSR count). The maximum absolute atomic E-state index is 6.17. The molecule has 2 aliphatic heterocycles. The van der Waals surface area contributed by atoms with Gasteiger partial charge in [0.2, 0.25) is 0 Å². The Labute approximate surface area is 161 Å². The van der Waals surface area contributed by atoms with Crippen molar-refractivity contribution in [3.8, 4) is 0 Å². The molecule has 2 fully saturated rings. The lowest BCUT2D eigenvalue weighted by atomic mass is 9.79. The number of hydrogen-bond acceptors (Lipinski definition) is 5. The Kier molecular flexibility index (Phi) is 5.05. The Bertz CT molecular complexity index is 783. The Hall–Kier alpha value is -1.41. The lowest BCUT2D eigenvalue weighted by Gasteiger charge is -2.32. The maximum Gasteiger partial charge on any atom is 0.494 e. The Morgan fingerprint density at radius 1 is 1.04 bits per heavy atom. The molecule has 1 aromatic heterocycles. The number of aromatic nitrogens is 2. The number of hydrogen-bond donors (Lipinski definition) is 0. The number of ether oxygens (including phenoxy) is 1. The molecular weight excluding hydrogens is 341 g/mol. The second kappa shape index (κ2) is 7.20. The van der Waals surface area contributed by atoms with Gasteiger partial charge in [-0.05, 0) is 45.6 Å². The standard InChI is InChI=1S/C20H30BN3O3/c1-19(2)20(3,4)27-21(26-19)17-6-7-18-16(14-17)15-22-24(18)9-5-8-23-10-12-25-13-11-23/h6-7,14-15H,5,8-13H2,1-4H3. The van der Waals surface area contributed by atoms with E-state index >= 15 is 0 Å². The lowest BCUT2D eigenvalue weighted by Crippen LogP contribution is -2.41. The van der Waals surface area contributed by atoms with E-state index in [9.17, 15) is 0 Å². The predicted molar refractivity (Wildman–Crippen MR) is 107 cm³/mol. The molecule has 7 heteroatoms. The number of fused-ring (bicyclic) bond motifs is 1. The highest BCUT2D eigenvalue weighted by atomic mass is 16.7. The van der Waals surface area contributed by atoms with E-state index in [0.29, 0.717) is 0 Å². The van der Waals surface area contributed by atoms with Crippen LogP contribution in [0.3, 0.4) is 0 Å². The van der Waals surface area contributed by atoms with Gasteiger partial charge in [-0.25, -0.2) is 0 Å². The number of benzene rings is 1. The van der Waals surface area contributed by atoms with Gasteiger partial charge in [-0.1, -0.05) is 12.1 Å². The summed E-state index contributed by atoms with van der Waals surface area (Å²) in [5, 5.41) is 5.73. The molecule has 0 bridgehead atoms. The number of aryl methyl sites for hydroxylation is 1. The second-order valence-corrected chi connectivity index (χ2v) is 8.58. The highest BCUT2D eigenvalue weighted by Crippen LogP contribution is 2.36. The van der Waals surface area contributed by atoms with Gasteiger partial charge in [0.1, 0.15) is 0 Å². The first-order chi connectivity index (χ1) is 12.9. The third-order valence-electron chi connectivity index (χ3n) is 6.14. The van der Waals surface area contributed by atoms with Crippen LogP contribution < -0.4 is 5.46 Å². The first kappa shape index (κ1) is 18.9. The summed E-state index contributed by atoms with van der Waals surface area (Å²) in [5.74, 6) is 0. The van der Waals surface area contributed by atoms with E-state index in [4.69, 9.17) is 14.0 Å². The smallest absolute Gasteiger partial charge is 0.399 e. The molecule has 0 radical (unpaired) electrons. The molecule has 0 N–H and O–H groups in total. The molecule has 1 aromatic carbocycles. The monoisotopic (exact) mass is 371 g/mol. The van der Waals surface area contributed by atoms with Crippen molar-refractivity contribution in [2.75, 3.05) is 32.8 Å². The van der Waals surface area contributed by atoms with Crippen LogP contribution in [0, 0.1) is 0 Å². The lowest BCUT2D eigenvalue weighted by molar-refractivity contribution is 0.00578. The van der Waals surface area contributed by atoms with Gasteiger partial charge < -0.3 is 14.0 Å². The van der Waals surface area contributed by atoms with Gasteiger partial charge in [0.25, 0.3) is 0 Å². The van der Waals surface area contributed by atoms with Gasteiger partial charge >= 0.3 is 7.12 Å². The highest BCUT2D eigenvalue weighted by molar-refractivity contribution is 6.62. The molecule has 3 heterocycles. The molecule has 2 saturated heterocycles. The van der Waals surface area contributed by atoms with Crippen molar-refractivity contribution in [2.45, 2.75) is 51.9 Å². The van der Waals surface area contributed by atoms with E-state index in [-0.39, 0.29) is 18.3 Å². The van der Waals surface area contributed by atoms with Gasteiger partial charge in [0.15, 0.2) is 0 Å². The van der Waals surface area contributed by atoms with E-state index in [1.165, 1.54) is 0 Å². The molecule has 0 unspecified atom stereocenters. The molecule has 146 valence electrons. The fourth-order valence-corrected chi connectivity index (χ4v) is 3.68. The minimum Gasteiger partial charge on any atom is -0.399 e. The zero-order valence-electron chi connectivity index (χ0n) is 16.9. The highest BCUT2D eigenvalue weighted by Gasteiger charge is 2.51. The van der Waals surface area contributed by atoms with Crippen LogP contribution in [0.25, 0.3) is 10.9 Å².